The van der Waals surface area contributed by atoms with Gasteiger partial charge in [-0.25, -0.2) is 0 Å². The van der Waals surface area contributed by atoms with Gasteiger partial charge < -0.3 is 9.47 Å². The van der Waals surface area contributed by atoms with Crippen molar-refractivity contribution in [3.63, 3.8) is 0 Å². The van der Waals surface area contributed by atoms with Gasteiger partial charge in [-0.1, -0.05) is 30.3 Å². The van der Waals surface area contributed by atoms with E-state index in [4.69, 9.17) is 9.47 Å². The van der Waals surface area contributed by atoms with E-state index in [1.165, 1.54) is 29.4 Å². The lowest BCUT2D eigenvalue weighted by Crippen LogP contribution is -2.36. The van der Waals surface area contributed by atoms with Crippen molar-refractivity contribution >= 4 is 5.97 Å². The van der Waals surface area contributed by atoms with E-state index < -0.39 is 0 Å². The van der Waals surface area contributed by atoms with Crippen LogP contribution in [-0.2, 0) is 29.2 Å². The van der Waals surface area contributed by atoms with Crippen LogP contribution in [0.2, 0.25) is 0 Å². The van der Waals surface area contributed by atoms with Gasteiger partial charge in [0.25, 0.3) is 0 Å². The lowest BCUT2D eigenvalue weighted by atomic mass is 10.1. The Hall–Kier alpha value is -2.37. The van der Waals surface area contributed by atoms with Crippen molar-refractivity contribution in [2.45, 2.75) is 45.4 Å². The first kappa shape index (κ1) is 19.9. The van der Waals surface area contributed by atoms with Crippen LogP contribution in [0.1, 0.15) is 35.1 Å². The summed E-state index contributed by atoms with van der Waals surface area (Å²) in [6.07, 6.45) is 1.92. The number of aryl methyl sites for hydroxylation is 1. The van der Waals surface area contributed by atoms with Crippen LogP contribution in [0.25, 0.3) is 0 Å². The van der Waals surface area contributed by atoms with Gasteiger partial charge in [0.1, 0.15) is 18.4 Å². The summed E-state index contributed by atoms with van der Waals surface area (Å²) in [7, 11) is 1.47. The molecule has 4 rings (SSSR count). The quantitative estimate of drug-likeness (QED) is 0.726. The summed E-state index contributed by atoms with van der Waals surface area (Å²) in [5.74, 6) is 0.858. The van der Waals surface area contributed by atoms with Crippen molar-refractivity contribution in [1.82, 2.24) is 9.80 Å². The van der Waals surface area contributed by atoms with Crippen molar-refractivity contribution in [2.75, 3.05) is 26.8 Å². The maximum atomic E-state index is 12.0. The number of nitrogens with zero attached hydrogens (tertiary/aromatic N) is 2. The Kier molecular flexibility index (Phi) is 6.16. The highest BCUT2D eigenvalue weighted by molar-refractivity contribution is 5.76. The molecule has 1 atom stereocenters. The molecule has 0 aromatic heterocycles. The van der Waals surface area contributed by atoms with Gasteiger partial charge in [-0.3, -0.25) is 14.6 Å². The van der Waals surface area contributed by atoms with Gasteiger partial charge in [-0.05, 0) is 55.1 Å². The molecule has 0 bridgehead atoms. The second kappa shape index (κ2) is 8.97. The zero-order valence-electron chi connectivity index (χ0n) is 17.4. The lowest BCUT2D eigenvalue weighted by molar-refractivity contribution is -0.146. The molecule has 5 nitrogen and oxygen atoms in total. The number of ether oxygens (including phenoxy) is 2. The van der Waals surface area contributed by atoms with E-state index in [1.54, 1.807) is 0 Å². The topological polar surface area (TPSA) is 42.0 Å². The third-order valence-electron chi connectivity index (χ3n) is 6.06. The van der Waals surface area contributed by atoms with E-state index >= 15 is 0 Å². The molecule has 2 aliphatic rings. The van der Waals surface area contributed by atoms with E-state index in [0.29, 0.717) is 6.61 Å². The van der Waals surface area contributed by atoms with Gasteiger partial charge in [0.15, 0.2) is 0 Å². The maximum Gasteiger partial charge on any atom is 0.323 e. The Morgan fingerprint density at radius 2 is 2.03 bits per heavy atom. The first-order valence-electron chi connectivity index (χ1n) is 10.5. The van der Waals surface area contributed by atoms with Crippen molar-refractivity contribution in [1.29, 1.82) is 0 Å². The highest BCUT2D eigenvalue weighted by atomic mass is 16.5. The van der Waals surface area contributed by atoms with Crippen molar-refractivity contribution in [3.05, 3.63) is 64.7 Å². The fourth-order valence-electron chi connectivity index (χ4n) is 4.42. The van der Waals surface area contributed by atoms with Crippen molar-refractivity contribution in [2.24, 2.45) is 0 Å². The number of esters is 1. The highest BCUT2D eigenvalue weighted by Gasteiger charge is 2.31. The smallest absolute Gasteiger partial charge is 0.323 e. The second-order valence-corrected chi connectivity index (χ2v) is 8.08. The van der Waals surface area contributed by atoms with Gasteiger partial charge in [0, 0.05) is 31.7 Å². The fraction of sp³-hybridized carbons (Fsp3) is 0.458. The minimum Gasteiger partial charge on any atom is -0.492 e. The molecule has 0 amide bonds. The molecule has 5 heteroatoms. The number of carbonyl (C=O) groups is 1. The standard InChI is InChI=1S/C24H30N2O3/c1-18-6-3-4-7-20(18)16-25-12-13-29-23-10-9-19(14-21(23)17-25)15-26-11-5-8-22(26)24(27)28-2/h3-4,6-7,9-10,14,22H,5,8,11-13,15-17H2,1-2H3/t22-/m0/s1. The first-order valence-corrected chi connectivity index (χ1v) is 10.5. The number of fused-ring (bicyclic) bond motifs is 1. The number of hydrogen-bond donors (Lipinski definition) is 0. The molecule has 2 heterocycles. The van der Waals surface area contributed by atoms with Crippen LogP contribution < -0.4 is 4.74 Å². The summed E-state index contributed by atoms with van der Waals surface area (Å²) in [6, 6.07) is 14.9. The molecule has 0 aliphatic carbocycles. The second-order valence-electron chi connectivity index (χ2n) is 8.08. The number of rotatable bonds is 5. The summed E-state index contributed by atoms with van der Waals surface area (Å²) in [6.45, 7) is 7.29. The Bertz CT molecular complexity index is 867. The van der Waals surface area contributed by atoms with Crippen LogP contribution in [0.4, 0.5) is 0 Å². The predicted molar refractivity (Wildman–Crippen MR) is 113 cm³/mol. The molecule has 0 unspecified atom stereocenters. The molecule has 0 saturated carbocycles. The molecule has 29 heavy (non-hydrogen) atoms. The van der Waals surface area contributed by atoms with Crippen LogP contribution in [0.3, 0.4) is 0 Å². The van der Waals surface area contributed by atoms with E-state index in [9.17, 15) is 4.79 Å². The fourth-order valence-corrected chi connectivity index (χ4v) is 4.42. The average molecular weight is 395 g/mol. The Balaban J connectivity index is 1.48. The molecule has 0 spiro atoms. The van der Waals surface area contributed by atoms with Gasteiger partial charge in [0.2, 0.25) is 0 Å². The summed E-state index contributed by atoms with van der Waals surface area (Å²) >= 11 is 0. The first-order chi connectivity index (χ1) is 14.1. The Morgan fingerprint density at radius 1 is 1.17 bits per heavy atom. The minimum absolute atomic E-state index is 0.118. The number of likely N-dealkylation sites (tertiary alicyclic amines) is 1. The van der Waals surface area contributed by atoms with Crippen molar-refractivity contribution < 1.29 is 14.3 Å². The normalized spacial score (nSPS) is 20.0. The van der Waals surface area contributed by atoms with Crippen molar-refractivity contribution in [3.8, 4) is 5.75 Å². The molecule has 2 aliphatic heterocycles. The molecule has 0 N–H and O–H groups in total. The van der Waals surface area contributed by atoms with Crippen LogP contribution in [0, 0.1) is 6.92 Å². The van der Waals surface area contributed by atoms with Gasteiger partial charge in [0.05, 0.1) is 7.11 Å². The molecular formula is C24H30N2O3. The monoisotopic (exact) mass is 394 g/mol. The van der Waals surface area contributed by atoms with Gasteiger partial charge >= 0.3 is 5.97 Å². The van der Waals surface area contributed by atoms with E-state index in [-0.39, 0.29) is 12.0 Å². The molecule has 2 aromatic rings. The number of hydrogen-bond acceptors (Lipinski definition) is 5. The Labute approximate surface area is 173 Å². The summed E-state index contributed by atoms with van der Waals surface area (Å²) in [4.78, 5) is 16.7. The average Bonchev–Trinajstić information content (AvgIpc) is 3.09. The number of carbonyl (C=O) groups excluding carboxylic acids is 1. The maximum absolute atomic E-state index is 12.0. The molecule has 1 saturated heterocycles. The highest BCUT2D eigenvalue weighted by Crippen LogP contribution is 2.28. The predicted octanol–water partition coefficient (Wildman–Crippen LogP) is 3.53. The van der Waals surface area contributed by atoms with E-state index in [1.807, 2.05) is 0 Å². The van der Waals surface area contributed by atoms with Crippen LogP contribution in [-0.4, -0.2) is 48.6 Å². The molecule has 154 valence electrons. The van der Waals surface area contributed by atoms with E-state index in [2.05, 4.69) is 59.2 Å². The largest absolute Gasteiger partial charge is 0.492 e. The molecule has 2 aromatic carbocycles. The zero-order chi connectivity index (χ0) is 20.2. The Morgan fingerprint density at radius 3 is 2.86 bits per heavy atom. The van der Waals surface area contributed by atoms with Gasteiger partial charge in [-0.15, -0.1) is 0 Å². The summed E-state index contributed by atoms with van der Waals surface area (Å²) in [5.41, 5.74) is 5.14. The van der Waals surface area contributed by atoms with Crippen LogP contribution in [0.5, 0.6) is 5.75 Å². The summed E-state index contributed by atoms with van der Waals surface area (Å²) < 4.78 is 11.0. The number of methoxy groups -OCH3 is 1. The number of benzene rings is 2. The minimum atomic E-state index is -0.120. The molecule has 0 radical (unpaired) electrons. The summed E-state index contributed by atoms with van der Waals surface area (Å²) in [5, 5.41) is 0. The molecular weight excluding hydrogens is 364 g/mol. The van der Waals surface area contributed by atoms with Crippen LogP contribution >= 0.6 is 0 Å². The lowest BCUT2D eigenvalue weighted by Gasteiger charge is -2.23. The SMILES string of the molecule is COC(=O)[C@@H]1CCCN1Cc1ccc2c(c1)CN(Cc1ccccc1C)CCO2. The third kappa shape index (κ3) is 4.62. The molecule has 1 fully saturated rings. The van der Waals surface area contributed by atoms with E-state index in [0.717, 1.165) is 51.3 Å². The van der Waals surface area contributed by atoms with Gasteiger partial charge in [-0.2, -0.15) is 0 Å². The third-order valence-corrected chi connectivity index (χ3v) is 6.06. The zero-order valence-corrected chi connectivity index (χ0v) is 17.4. The van der Waals surface area contributed by atoms with Crippen LogP contribution in [0.15, 0.2) is 42.5 Å².